The molecule has 9 nitrogen and oxygen atoms in total. The number of halogens is 2. The minimum Gasteiger partial charge on any atom is -0.383 e. The van der Waals surface area contributed by atoms with Gasteiger partial charge in [0, 0.05) is 12.1 Å². The molecule has 0 radical (unpaired) electrons. The Morgan fingerprint density at radius 1 is 1.24 bits per heavy atom. The maximum Gasteiger partial charge on any atom is 0.341 e. The molecule has 0 saturated heterocycles. The lowest BCUT2D eigenvalue weighted by atomic mass is 9.99. The first-order valence-electron chi connectivity index (χ1n) is 10.3. The predicted molar refractivity (Wildman–Crippen MR) is 126 cm³/mol. The van der Waals surface area contributed by atoms with E-state index in [9.17, 15) is 23.5 Å². The van der Waals surface area contributed by atoms with Gasteiger partial charge in [-0.15, -0.1) is 0 Å². The minimum atomic E-state index is -1.39. The monoisotopic (exact) mass is 490 g/mol. The molecule has 2 aromatic carbocycles. The van der Waals surface area contributed by atoms with Crippen LogP contribution in [0.3, 0.4) is 0 Å². The van der Waals surface area contributed by atoms with Crippen LogP contribution in [0.1, 0.15) is 30.9 Å². The maximum atomic E-state index is 14.6. The van der Waals surface area contributed by atoms with E-state index in [0.717, 1.165) is 35.0 Å². The van der Waals surface area contributed by atoms with Gasteiger partial charge in [-0.2, -0.15) is 10.1 Å². The average Bonchev–Trinajstić information content (AvgIpc) is 3.18. The molecule has 1 aliphatic heterocycles. The standard InChI is InChI=1S/C22H24F2N6O3S/c1-13(31)19(32)30-22(14-6-3-2-4-7-14,10-5-11-27-20(25)28-21(26)33)34-18(29-30)16-12-15(23)8-9-17(16)24/h2-4,6-9,12-13,31H,5,10-11H2,1H3,(H5,25,26,27,28,33)/t13-,22?/m0/s1. The van der Waals surface area contributed by atoms with E-state index < -0.39 is 34.5 Å². The summed E-state index contributed by atoms with van der Waals surface area (Å²) in [5.41, 5.74) is 11.1. The average molecular weight is 491 g/mol. The molecule has 0 saturated carbocycles. The van der Waals surface area contributed by atoms with Gasteiger partial charge >= 0.3 is 6.03 Å². The number of primary amides is 1. The molecule has 2 aromatic rings. The molecule has 3 rings (SSSR count). The van der Waals surface area contributed by atoms with E-state index in [0.29, 0.717) is 12.0 Å². The molecule has 0 fully saturated rings. The van der Waals surface area contributed by atoms with Gasteiger partial charge in [-0.3, -0.25) is 4.79 Å². The van der Waals surface area contributed by atoms with Crippen LogP contribution in [-0.4, -0.2) is 45.7 Å². The highest BCUT2D eigenvalue weighted by molar-refractivity contribution is 8.15. The summed E-state index contributed by atoms with van der Waals surface area (Å²) in [6, 6.07) is 11.0. The molecule has 0 aliphatic carbocycles. The number of hydrazone groups is 1. The van der Waals surface area contributed by atoms with Gasteiger partial charge in [-0.25, -0.2) is 18.6 Å². The number of amides is 3. The first-order chi connectivity index (χ1) is 16.1. The SMILES string of the molecule is C[C@H](O)C(=O)N1N=C(c2cc(F)ccc2F)SC1(CCCN/C(N)=N/C(N)=O)c1ccccc1. The number of guanidine groups is 1. The van der Waals surface area contributed by atoms with Crippen molar-refractivity contribution in [2.75, 3.05) is 6.54 Å². The second-order valence-electron chi connectivity index (χ2n) is 7.47. The first-order valence-corrected chi connectivity index (χ1v) is 11.1. The van der Waals surface area contributed by atoms with Crippen molar-refractivity contribution in [1.29, 1.82) is 0 Å². The van der Waals surface area contributed by atoms with E-state index in [2.05, 4.69) is 15.4 Å². The number of thioether (sulfide) groups is 1. The Kier molecular flexibility index (Phi) is 7.84. The van der Waals surface area contributed by atoms with Crippen molar-refractivity contribution in [3.63, 3.8) is 0 Å². The van der Waals surface area contributed by atoms with Gasteiger partial charge in [0.25, 0.3) is 5.91 Å². The summed E-state index contributed by atoms with van der Waals surface area (Å²) in [5, 5.41) is 18.4. The van der Waals surface area contributed by atoms with Gasteiger partial charge in [-0.05, 0) is 43.5 Å². The Balaban J connectivity index is 1.99. The lowest BCUT2D eigenvalue weighted by Crippen LogP contribution is -2.45. The van der Waals surface area contributed by atoms with Gasteiger partial charge in [0.2, 0.25) is 0 Å². The molecule has 1 aliphatic rings. The van der Waals surface area contributed by atoms with Crippen molar-refractivity contribution in [3.8, 4) is 0 Å². The molecule has 12 heteroatoms. The summed E-state index contributed by atoms with van der Waals surface area (Å²) >= 11 is 1.08. The number of aliphatic hydroxyl groups is 1. The highest BCUT2D eigenvalue weighted by Gasteiger charge is 2.49. The summed E-state index contributed by atoms with van der Waals surface area (Å²) in [6.45, 7) is 1.57. The maximum absolute atomic E-state index is 14.6. The van der Waals surface area contributed by atoms with Crippen molar-refractivity contribution in [3.05, 3.63) is 71.3 Å². The molecule has 3 amide bonds. The highest BCUT2D eigenvalue weighted by atomic mass is 32.2. The Bertz CT molecular complexity index is 1130. The Morgan fingerprint density at radius 2 is 1.94 bits per heavy atom. The Hall–Kier alpha value is -3.51. The Labute approximate surface area is 198 Å². The number of nitrogens with two attached hydrogens (primary N) is 2. The second kappa shape index (κ2) is 10.6. The van der Waals surface area contributed by atoms with Gasteiger partial charge in [0.15, 0.2) is 5.96 Å². The number of nitrogens with one attached hydrogen (secondary N) is 1. The third-order valence-corrected chi connectivity index (χ3v) is 6.42. The number of carbonyl (C=O) groups is 2. The molecule has 0 spiro atoms. The molecular formula is C22H24F2N6O3S. The van der Waals surface area contributed by atoms with Crippen LogP contribution >= 0.6 is 11.8 Å². The second-order valence-corrected chi connectivity index (χ2v) is 8.74. The number of hydrogen-bond acceptors (Lipinski definition) is 5. The van der Waals surface area contributed by atoms with E-state index in [4.69, 9.17) is 11.5 Å². The van der Waals surface area contributed by atoms with Crippen LogP contribution in [0.5, 0.6) is 0 Å². The number of hydrogen-bond donors (Lipinski definition) is 4. The summed E-state index contributed by atoms with van der Waals surface area (Å²) in [5.74, 6) is -2.21. The zero-order valence-electron chi connectivity index (χ0n) is 18.2. The fraction of sp³-hybridized carbons (Fsp3) is 0.273. The lowest BCUT2D eigenvalue weighted by Gasteiger charge is -2.36. The van der Waals surface area contributed by atoms with Crippen LogP contribution in [0.15, 0.2) is 58.6 Å². The lowest BCUT2D eigenvalue weighted by molar-refractivity contribution is -0.143. The zero-order chi connectivity index (χ0) is 24.9. The molecule has 2 atom stereocenters. The number of carbonyl (C=O) groups excluding carboxylic acids is 2. The molecule has 0 bridgehead atoms. The quantitative estimate of drug-likeness (QED) is 0.266. The third-order valence-electron chi connectivity index (χ3n) is 4.98. The topological polar surface area (TPSA) is 146 Å². The summed E-state index contributed by atoms with van der Waals surface area (Å²) in [7, 11) is 0. The van der Waals surface area contributed by atoms with Crippen molar-refractivity contribution in [1.82, 2.24) is 10.3 Å². The number of urea groups is 1. The molecule has 1 heterocycles. The normalized spacial score (nSPS) is 19.0. The molecule has 1 unspecified atom stereocenters. The smallest absolute Gasteiger partial charge is 0.341 e. The molecule has 6 N–H and O–H groups in total. The van der Waals surface area contributed by atoms with E-state index in [1.807, 2.05) is 0 Å². The molecule has 180 valence electrons. The van der Waals surface area contributed by atoms with Crippen LogP contribution in [0.4, 0.5) is 13.6 Å². The van der Waals surface area contributed by atoms with Crippen LogP contribution < -0.4 is 16.8 Å². The number of nitrogens with zero attached hydrogens (tertiary/aromatic N) is 3. The van der Waals surface area contributed by atoms with E-state index in [1.165, 1.54) is 6.92 Å². The van der Waals surface area contributed by atoms with Crippen LogP contribution in [0.2, 0.25) is 0 Å². The predicted octanol–water partition coefficient (Wildman–Crippen LogP) is 2.20. The minimum absolute atomic E-state index is 0.0950. The number of benzene rings is 2. The van der Waals surface area contributed by atoms with E-state index in [1.54, 1.807) is 30.3 Å². The van der Waals surface area contributed by atoms with E-state index >= 15 is 0 Å². The molecule has 0 aromatic heterocycles. The fourth-order valence-corrected chi connectivity index (χ4v) is 4.88. The van der Waals surface area contributed by atoms with Crippen LogP contribution in [0, 0.1) is 11.6 Å². The van der Waals surface area contributed by atoms with Crippen molar-refractivity contribution in [2.45, 2.75) is 30.7 Å². The summed E-state index contributed by atoms with van der Waals surface area (Å²) in [4.78, 5) is 26.1. The molecule has 34 heavy (non-hydrogen) atoms. The van der Waals surface area contributed by atoms with E-state index in [-0.39, 0.29) is 29.5 Å². The Morgan fingerprint density at radius 3 is 2.59 bits per heavy atom. The van der Waals surface area contributed by atoms with Gasteiger partial charge < -0.3 is 21.9 Å². The first kappa shape index (κ1) is 25.1. The number of aliphatic imine (C=N–C) groups is 1. The summed E-state index contributed by atoms with van der Waals surface area (Å²) in [6.07, 6.45) is -0.712. The number of rotatable bonds is 7. The zero-order valence-corrected chi connectivity index (χ0v) is 19.1. The van der Waals surface area contributed by atoms with Crippen molar-refractivity contribution >= 4 is 34.7 Å². The molecular weight excluding hydrogens is 466 g/mol. The highest BCUT2D eigenvalue weighted by Crippen LogP contribution is 2.50. The van der Waals surface area contributed by atoms with Crippen LogP contribution in [-0.2, 0) is 9.67 Å². The fourth-order valence-electron chi connectivity index (χ4n) is 3.45. The van der Waals surface area contributed by atoms with Gasteiger partial charge in [-0.1, -0.05) is 42.1 Å². The largest absolute Gasteiger partial charge is 0.383 e. The third kappa shape index (κ3) is 5.51. The van der Waals surface area contributed by atoms with Gasteiger partial charge in [0.1, 0.15) is 27.7 Å². The van der Waals surface area contributed by atoms with Crippen molar-refractivity contribution < 1.29 is 23.5 Å². The van der Waals surface area contributed by atoms with Crippen LogP contribution in [0.25, 0.3) is 0 Å². The van der Waals surface area contributed by atoms with Gasteiger partial charge in [0.05, 0.1) is 0 Å². The summed E-state index contributed by atoms with van der Waals surface area (Å²) < 4.78 is 28.5. The van der Waals surface area contributed by atoms with Crippen molar-refractivity contribution in [2.24, 2.45) is 21.6 Å². The number of aliphatic hydroxyl groups excluding tert-OH is 1.